The molecule has 0 saturated carbocycles. The summed E-state index contributed by atoms with van der Waals surface area (Å²) in [5.41, 5.74) is 8.65. The van der Waals surface area contributed by atoms with Gasteiger partial charge in [0, 0.05) is 58.1 Å². The minimum absolute atomic E-state index is 0.0111. The third-order valence-electron chi connectivity index (χ3n) is 16.2. The van der Waals surface area contributed by atoms with Crippen LogP contribution in [0.5, 0.6) is 0 Å². The summed E-state index contributed by atoms with van der Waals surface area (Å²) in [5, 5.41) is 0.0348. The Balaban J connectivity index is 0.984. The Morgan fingerprint density at radius 3 is 2.27 bits per heavy atom. The van der Waals surface area contributed by atoms with Crippen LogP contribution in [0.2, 0.25) is 18.1 Å². The summed E-state index contributed by atoms with van der Waals surface area (Å²) in [6.45, 7) is 22.9. The van der Waals surface area contributed by atoms with E-state index in [0.29, 0.717) is 51.0 Å². The minimum Gasteiger partial charge on any atom is -0.413 e. The lowest BCUT2D eigenvalue weighted by Gasteiger charge is -2.47. The van der Waals surface area contributed by atoms with E-state index in [1.807, 2.05) is 0 Å². The number of nitrogens with two attached hydrogens (primary N) is 1. The highest BCUT2D eigenvalue weighted by molar-refractivity contribution is 6.74. The van der Waals surface area contributed by atoms with E-state index in [-0.39, 0.29) is 114 Å². The maximum Gasteiger partial charge on any atom is 0.192 e. The summed E-state index contributed by atoms with van der Waals surface area (Å²) in [6.07, 6.45) is 6.12. The van der Waals surface area contributed by atoms with Crippen molar-refractivity contribution in [3.8, 4) is 0 Å². The second-order valence-electron chi connectivity index (χ2n) is 21.3. The summed E-state index contributed by atoms with van der Waals surface area (Å²) >= 11 is 0. The van der Waals surface area contributed by atoms with Crippen molar-refractivity contribution in [3.63, 3.8) is 0 Å². The summed E-state index contributed by atoms with van der Waals surface area (Å²) in [7, 11) is -0.378. The quantitative estimate of drug-likeness (QED) is 0.232. The molecule has 10 heterocycles. The average Bonchev–Trinajstić information content (AvgIpc) is 3.85. The Morgan fingerprint density at radius 1 is 0.797 bits per heavy atom. The van der Waals surface area contributed by atoms with E-state index in [1.165, 1.54) is 0 Å². The molecule has 0 aromatic carbocycles. The first-order valence-electron chi connectivity index (χ1n) is 23.1. The third kappa shape index (κ3) is 8.29. The first-order chi connectivity index (χ1) is 28.0. The summed E-state index contributed by atoms with van der Waals surface area (Å²) < 4.78 is 68.0. The molecule has 332 valence electrons. The lowest BCUT2D eigenvalue weighted by Crippen LogP contribution is -2.61. The van der Waals surface area contributed by atoms with Gasteiger partial charge in [0.25, 0.3) is 0 Å². The molecule has 1 spiro atoms. The van der Waals surface area contributed by atoms with Crippen LogP contribution in [0, 0.1) is 11.8 Å². The van der Waals surface area contributed by atoms with Crippen LogP contribution in [0.1, 0.15) is 111 Å². The van der Waals surface area contributed by atoms with E-state index in [2.05, 4.69) is 53.9 Å². The van der Waals surface area contributed by atoms with Crippen molar-refractivity contribution in [2.24, 2.45) is 17.6 Å². The SMILES string of the molecule is C=C1C[C@@H]2CCC34CC5O[C@H]6[C@@H](O3)[C@H]3OC(CC[C@@H]3O[C@H]6[C@H]5O4)CC(=O)C[C@H]3[C@H](CC4O[C@@H](CCC1O2)C[C@@H](C)C4=C)OC(C[C@@H](CN)O[Si](C)(C)C(C)(C)C)[C@@H]3OC. The van der Waals surface area contributed by atoms with Crippen LogP contribution in [-0.4, -0.2) is 131 Å². The number of hydrogen-bond acceptors (Lipinski definition) is 12. The Labute approximate surface area is 353 Å². The van der Waals surface area contributed by atoms with Crippen LogP contribution < -0.4 is 5.73 Å². The van der Waals surface area contributed by atoms with Crippen molar-refractivity contribution in [1.29, 1.82) is 0 Å². The molecular formula is C46H73NO11Si. The van der Waals surface area contributed by atoms with Gasteiger partial charge < -0.3 is 52.8 Å². The zero-order chi connectivity index (χ0) is 41.6. The number of rotatable bonds is 6. The number of carbonyl (C=O) groups excluding carboxylic acids is 1. The van der Waals surface area contributed by atoms with Crippen molar-refractivity contribution in [2.75, 3.05) is 13.7 Å². The highest BCUT2D eigenvalue weighted by Crippen LogP contribution is 2.54. The Bertz CT molecular complexity index is 1590. The maximum absolute atomic E-state index is 14.4. The Hall–Kier alpha value is -1.07. The molecule has 59 heavy (non-hydrogen) atoms. The van der Waals surface area contributed by atoms with Crippen LogP contribution in [0.15, 0.2) is 24.3 Å². The second-order valence-corrected chi connectivity index (χ2v) is 26.0. The van der Waals surface area contributed by atoms with Gasteiger partial charge in [-0.05, 0) is 80.1 Å². The van der Waals surface area contributed by atoms with Crippen LogP contribution in [0.4, 0.5) is 0 Å². The molecule has 12 nitrogen and oxygen atoms in total. The van der Waals surface area contributed by atoms with Crippen molar-refractivity contribution in [3.05, 3.63) is 24.3 Å². The van der Waals surface area contributed by atoms with Gasteiger partial charge in [-0.15, -0.1) is 0 Å². The minimum atomic E-state index is -2.12. The monoisotopic (exact) mass is 843 g/mol. The fraction of sp³-hybridized carbons (Fsp3) is 0.891. The Kier molecular flexibility index (Phi) is 12.1. The third-order valence-corrected chi connectivity index (χ3v) is 20.8. The zero-order valence-electron chi connectivity index (χ0n) is 36.8. The van der Waals surface area contributed by atoms with Gasteiger partial charge in [0.1, 0.15) is 36.3 Å². The van der Waals surface area contributed by atoms with Gasteiger partial charge in [-0.25, -0.2) is 0 Å². The molecule has 0 aromatic heterocycles. The molecular weight excluding hydrogens is 771 g/mol. The first kappa shape index (κ1) is 43.2. The van der Waals surface area contributed by atoms with E-state index in [1.54, 1.807) is 7.11 Å². The largest absolute Gasteiger partial charge is 0.413 e. The number of ether oxygens (including phenoxy) is 9. The predicted octanol–water partition coefficient (Wildman–Crippen LogP) is 6.47. The molecule has 10 saturated heterocycles. The number of carbonyl (C=O) groups is 1. The van der Waals surface area contributed by atoms with Crippen LogP contribution in [0.25, 0.3) is 0 Å². The number of fused-ring (bicyclic) bond motifs is 6. The van der Waals surface area contributed by atoms with Gasteiger partial charge >= 0.3 is 0 Å². The molecule has 10 rings (SSSR count). The number of methoxy groups -OCH3 is 1. The van der Waals surface area contributed by atoms with Gasteiger partial charge in [-0.2, -0.15) is 0 Å². The molecule has 19 atom stereocenters. The van der Waals surface area contributed by atoms with Gasteiger partial charge in [0.2, 0.25) is 0 Å². The molecule has 6 unspecified atom stereocenters. The molecule has 0 aromatic rings. The normalized spacial score (nSPS) is 48.2. The van der Waals surface area contributed by atoms with Crippen LogP contribution >= 0.6 is 0 Å². The fourth-order valence-electron chi connectivity index (χ4n) is 12.0. The van der Waals surface area contributed by atoms with Gasteiger partial charge in [0.05, 0.1) is 67.1 Å². The smallest absolute Gasteiger partial charge is 0.192 e. The van der Waals surface area contributed by atoms with Gasteiger partial charge in [-0.3, -0.25) is 4.79 Å². The molecule has 0 amide bonds. The van der Waals surface area contributed by atoms with Crippen LogP contribution in [0.3, 0.4) is 0 Å². The summed E-state index contributed by atoms with van der Waals surface area (Å²) in [4.78, 5) is 14.4. The lowest BCUT2D eigenvalue weighted by molar-refractivity contribution is -0.292. The molecule has 13 heteroatoms. The van der Waals surface area contributed by atoms with Gasteiger partial charge in [-0.1, -0.05) is 40.9 Å². The second kappa shape index (κ2) is 16.5. The molecule has 10 aliphatic heterocycles. The van der Waals surface area contributed by atoms with E-state index in [9.17, 15) is 4.79 Å². The van der Waals surface area contributed by atoms with Crippen molar-refractivity contribution < 1.29 is 51.9 Å². The average molecular weight is 844 g/mol. The molecule has 10 fully saturated rings. The standard InChI is InChI=1S/C46H73NO11Si/c1-24-16-28-10-12-33-25(2)17-30(50-33)14-15-46-22-38-41(56-46)42-43(55-38)44(57-46)40-34(54-42)13-11-29(52-40)18-27(48)19-32-36(21-35(51-28)26(24)3)53-37(39(32)49-7)20-31(23-47)58-59(8,9)45(4,5)6/h24,28-44H,2-3,10-23,47H2,1,4-9H3/t24-,28+,29?,30+,31+,32+,33?,34+,35?,36+,37?,38?,39-,40+,41+,42+,43-,44+,46?/m1/s1. The zero-order valence-corrected chi connectivity index (χ0v) is 37.8. The highest BCUT2D eigenvalue weighted by Gasteiger charge is 2.69. The van der Waals surface area contributed by atoms with E-state index < -0.39 is 14.1 Å². The summed E-state index contributed by atoms with van der Waals surface area (Å²) in [5.74, 6) is -0.530. The number of ketones is 1. The molecule has 0 aliphatic carbocycles. The molecule has 0 radical (unpaired) electrons. The fourth-order valence-corrected chi connectivity index (χ4v) is 13.3. The van der Waals surface area contributed by atoms with E-state index >= 15 is 0 Å². The predicted molar refractivity (Wildman–Crippen MR) is 222 cm³/mol. The van der Waals surface area contributed by atoms with E-state index in [0.717, 1.165) is 56.1 Å². The molecule has 12 bridgehead atoms. The summed E-state index contributed by atoms with van der Waals surface area (Å²) in [6, 6.07) is 0. The maximum atomic E-state index is 14.4. The van der Waals surface area contributed by atoms with Gasteiger partial charge in [0.15, 0.2) is 14.1 Å². The highest BCUT2D eigenvalue weighted by atomic mass is 28.4. The topological polar surface area (TPSA) is 135 Å². The van der Waals surface area contributed by atoms with Crippen molar-refractivity contribution >= 4 is 14.1 Å². The van der Waals surface area contributed by atoms with Crippen molar-refractivity contribution in [1.82, 2.24) is 0 Å². The van der Waals surface area contributed by atoms with Crippen LogP contribution in [-0.2, 0) is 51.9 Å². The molecule has 2 N–H and O–H groups in total. The van der Waals surface area contributed by atoms with Crippen molar-refractivity contribution in [2.45, 2.75) is 233 Å². The van der Waals surface area contributed by atoms with E-state index in [4.69, 9.17) is 52.8 Å². The first-order valence-corrected chi connectivity index (χ1v) is 26.0. The number of hydrogen-bond donors (Lipinski definition) is 1. The number of Topliss-reactive ketones (excluding diaryl/α,β-unsaturated/α-hetero) is 1. The molecule has 10 aliphatic rings. The lowest BCUT2D eigenvalue weighted by atomic mass is 9.81. The Morgan fingerprint density at radius 2 is 1.51 bits per heavy atom.